The fraction of sp³-hybridized carbons (Fsp3) is 1.00. The molecule has 3 fully saturated rings. The molecule has 4 unspecified atom stereocenters. The first kappa shape index (κ1) is 8.48. The van der Waals surface area contributed by atoms with Crippen molar-refractivity contribution < 1.29 is 5.11 Å². The van der Waals surface area contributed by atoms with Gasteiger partial charge in [-0.15, -0.1) is 0 Å². The van der Waals surface area contributed by atoms with Crippen LogP contribution in [0.1, 0.15) is 13.8 Å². The number of fused-ring (bicyclic) bond motifs is 3. The molecule has 0 aromatic carbocycles. The highest BCUT2D eigenvalue weighted by molar-refractivity contribution is 4.95. The average Bonchev–Trinajstić information content (AvgIpc) is 2.06. The van der Waals surface area contributed by atoms with Crippen molar-refractivity contribution in [3.63, 3.8) is 0 Å². The number of hydrogen-bond acceptors (Lipinski definition) is 3. The Hall–Kier alpha value is -0.120. The molecule has 3 saturated heterocycles. The minimum Gasteiger partial charge on any atom is -0.395 e. The summed E-state index contributed by atoms with van der Waals surface area (Å²) in [5.74, 6) is 0. The van der Waals surface area contributed by atoms with E-state index < -0.39 is 0 Å². The van der Waals surface area contributed by atoms with Gasteiger partial charge < -0.3 is 5.11 Å². The molecule has 3 aliphatic rings. The molecule has 1 N–H and O–H groups in total. The second kappa shape index (κ2) is 2.98. The third-order valence-electron chi connectivity index (χ3n) is 3.29. The summed E-state index contributed by atoms with van der Waals surface area (Å²) in [6.45, 7) is 8.20. The van der Waals surface area contributed by atoms with Crippen LogP contribution in [0, 0.1) is 0 Å². The number of aliphatic hydroxyl groups is 1. The third kappa shape index (κ3) is 1.16. The van der Waals surface area contributed by atoms with Gasteiger partial charge in [-0.3, -0.25) is 9.80 Å². The smallest absolute Gasteiger partial charge is 0.0599 e. The molecule has 0 radical (unpaired) electrons. The number of hydrogen-bond donors (Lipinski definition) is 1. The molecular weight excluding hydrogens is 152 g/mol. The van der Waals surface area contributed by atoms with Gasteiger partial charge in [0, 0.05) is 37.8 Å². The Morgan fingerprint density at radius 2 is 1.92 bits per heavy atom. The summed E-state index contributed by atoms with van der Waals surface area (Å²) in [5, 5.41) is 9.15. The van der Waals surface area contributed by atoms with Crippen LogP contribution in [0.15, 0.2) is 0 Å². The normalized spacial score (nSPS) is 52.8. The molecule has 5 atom stereocenters. The number of piperazine rings is 3. The van der Waals surface area contributed by atoms with Crippen molar-refractivity contribution >= 4 is 0 Å². The van der Waals surface area contributed by atoms with E-state index in [-0.39, 0.29) is 0 Å². The van der Waals surface area contributed by atoms with Crippen molar-refractivity contribution in [3.05, 3.63) is 0 Å². The monoisotopic (exact) mass is 170 g/mol. The molecule has 0 saturated carbocycles. The molecule has 0 aromatic rings. The lowest BCUT2D eigenvalue weighted by atomic mass is 9.99. The molecule has 0 aliphatic carbocycles. The van der Waals surface area contributed by atoms with E-state index in [4.69, 9.17) is 5.11 Å². The van der Waals surface area contributed by atoms with E-state index in [1.807, 2.05) is 0 Å². The Bertz CT molecular complexity index is 174. The topological polar surface area (TPSA) is 26.7 Å². The molecule has 2 bridgehead atoms. The summed E-state index contributed by atoms with van der Waals surface area (Å²) >= 11 is 0. The third-order valence-corrected chi connectivity index (χ3v) is 3.29. The van der Waals surface area contributed by atoms with E-state index in [0.29, 0.717) is 24.7 Å². The molecule has 0 amide bonds. The first-order valence-corrected chi connectivity index (χ1v) is 4.83. The molecule has 0 spiro atoms. The lowest BCUT2D eigenvalue weighted by Gasteiger charge is -2.54. The standard InChI is InChI=1S/C9H18N2O/c1-7-4-11-8(2)3-10(7)5-9(11)6-12/h7-9,12H,3-6H2,1-2H3/t7?,8-,9?/m1/s1. The van der Waals surface area contributed by atoms with Gasteiger partial charge in [0.2, 0.25) is 0 Å². The van der Waals surface area contributed by atoms with Gasteiger partial charge in [0.25, 0.3) is 0 Å². The largest absolute Gasteiger partial charge is 0.395 e. The van der Waals surface area contributed by atoms with Gasteiger partial charge in [-0.1, -0.05) is 0 Å². The molecule has 12 heavy (non-hydrogen) atoms. The lowest BCUT2D eigenvalue weighted by Crippen LogP contribution is -2.68. The average molecular weight is 170 g/mol. The fourth-order valence-electron chi connectivity index (χ4n) is 2.53. The highest BCUT2D eigenvalue weighted by atomic mass is 16.3. The first-order chi connectivity index (χ1) is 5.72. The lowest BCUT2D eigenvalue weighted by molar-refractivity contribution is -0.0725. The summed E-state index contributed by atoms with van der Waals surface area (Å²) in [7, 11) is 0. The Morgan fingerprint density at radius 1 is 1.17 bits per heavy atom. The van der Waals surface area contributed by atoms with E-state index in [0.717, 1.165) is 13.1 Å². The second-order valence-corrected chi connectivity index (χ2v) is 4.19. The summed E-state index contributed by atoms with van der Waals surface area (Å²) < 4.78 is 0. The van der Waals surface area contributed by atoms with E-state index in [9.17, 15) is 0 Å². The fourth-order valence-corrected chi connectivity index (χ4v) is 2.53. The van der Waals surface area contributed by atoms with Crippen LogP contribution in [0.5, 0.6) is 0 Å². The number of aliphatic hydroxyl groups excluding tert-OH is 1. The van der Waals surface area contributed by atoms with Gasteiger partial charge in [0.05, 0.1) is 6.61 Å². The van der Waals surface area contributed by atoms with Crippen molar-refractivity contribution in [2.45, 2.75) is 32.0 Å². The van der Waals surface area contributed by atoms with Crippen LogP contribution < -0.4 is 0 Å². The minimum atomic E-state index is 0.313. The summed E-state index contributed by atoms with van der Waals surface area (Å²) in [5.41, 5.74) is 0. The Labute approximate surface area is 74.0 Å². The van der Waals surface area contributed by atoms with Crippen LogP contribution in [0.25, 0.3) is 0 Å². The van der Waals surface area contributed by atoms with Gasteiger partial charge >= 0.3 is 0 Å². The molecule has 3 heteroatoms. The van der Waals surface area contributed by atoms with E-state index in [1.165, 1.54) is 6.54 Å². The summed E-state index contributed by atoms with van der Waals surface area (Å²) in [6, 6.07) is 1.71. The Kier molecular flexibility index (Phi) is 2.10. The highest BCUT2D eigenvalue weighted by Gasteiger charge is 2.39. The SMILES string of the molecule is CC1CN2C(CO)CN1C[C@H]2C. The predicted molar refractivity (Wildman–Crippen MR) is 48.1 cm³/mol. The first-order valence-electron chi connectivity index (χ1n) is 4.83. The summed E-state index contributed by atoms with van der Waals surface area (Å²) in [4.78, 5) is 4.94. The maximum Gasteiger partial charge on any atom is 0.0599 e. The van der Waals surface area contributed by atoms with Crippen LogP contribution >= 0.6 is 0 Å². The molecule has 70 valence electrons. The van der Waals surface area contributed by atoms with Crippen molar-refractivity contribution in [1.29, 1.82) is 0 Å². The number of rotatable bonds is 1. The van der Waals surface area contributed by atoms with Crippen molar-refractivity contribution in [2.24, 2.45) is 0 Å². The van der Waals surface area contributed by atoms with Crippen LogP contribution in [0.2, 0.25) is 0 Å². The van der Waals surface area contributed by atoms with Gasteiger partial charge in [0.1, 0.15) is 0 Å². The van der Waals surface area contributed by atoms with Gasteiger partial charge in [-0.25, -0.2) is 0 Å². The molecule has 3 nitrogen and oxygen atoms in total. The van der Waals surface area contributed by atoms with E-state index in [2.05, 4.69) is 23.6 Å². The van der Waals surface area contributed by atoms with Gasteiger partial charge in [-0.05, 0) is 13.8 Å². The van der Waals surface area contributed by atoms with Crippen LogP contribution in [-0.2, 0) is 0 Å². The van der Waals surface area contributed by atoms with E-state index >= 15 is 0 Å². The molecule has 0 aromatic heterocycles. The van der Waals surface area contributed by atoms with E-state index in [1.54, 1.807) is 0 Å². The Balaban J connectivity index is 2.10. The number of nitrogens with zero attached hydrogens (tertiary/aromatic N) is 2. The van der Waals surface area contributed by atoms with Gasteiger partial charge in [-0.2, -0.15) is 0 Å². The molecular formula is C9H18N2O. The zero-order valence-corrected chi connectivity index (χ0v) is 7.90. The van der Waals surface area contributed by atoms with Crippen LogP contribution in [-0.4, -0.2) is 59.3 Å². The minimum absolute atomic E-state index is 0.313. The quantitative estimate of drug-likeness (QED) is 0.588. The van der Waals surface area contributed by atoms with Crippen LogP contribution in [0.3, 0.4) is 0 Å². The molecule has 3 rings (SSSR count). The van der Waals surface area contributed by atoms with Crippen molar-refractivity contribution in [2.75, 3.05) is 26.2 Å². The van der Waals surface area contributed by atoms with Gasteiger partial charge in [0.15, 0.2) is 0 Å². The zero-order valence-electron chi connectivity index (χ0n) is 7.90. The summed E-state index contributed by atoms with van der Waals surface area (Å²) in [6.07, 6.45) is 0. The Morgan fingerprint density at radius 3 is 2.50 bits per heavy atom. The molecule has 3 aliphatic heterocycles. The maximum atomic E-state index is 9.15. The zero-order chi connectivity index (χ0) is 8.72. The predicted octanol–water partition coefficient (Wildman–Crippen LogP) is -0.244. The maximum absolute atomic E-state index is 9.15. The molecule has 3 heterocycles. The van der Waals surface area contributed by atoms with Crippen LogP contribution in [0.4, 0.5) is 0 Å². The second-order valence-electron chi connectivity index (χ2n) is 4.19. The highest BCUT2D eigenvalue weighted by Crippen LogP contribution is 2.24. The van der Waals surface area contributed by atoms with Crippen molar-refractivity contribution in [3.8, 4) is 0 Å². The van der Waals surface area contributed by atoms with Crippen molar-refractivity contribution in [1.82, 2.24) is 9.80 Å².